The highest BCUT2D eigenvalue weighted by Gasteiger charge is 2.24. The van der Waals surface area contributed by atoms with Gasteiger partial charge >= 0.3 is 0 Å². The van der Waals surface area contributed by atoms with E-state index in [1.165, 1.54) is 25.7 Å². The molecule has 5 aromatic rings. The normalized spacial score (nSPS) is 11.2. The average Bonchev–Trinajstić information content (AvgIpc) is 3.58. The number of unbranched alkanes of at least 4 members (excludes halogenated alkanes) is 4. The summed E-state index contributed by atoms with van der Waals surface area (Å²) in [6.45, 7) is 2.94. The summed E-state index contributed by atoms with van der Waals surface area (Å²) < 4.78 is 8.72. The Balaban J connectivity index is 1.62. The van der Waals surface area contributed by atoms with Gasteiger partial charge in [-0.05, 0) is 53.6 Å². The smallest absolute Gasteiger partial charge is 0.269 e. The summed E-state index contributed by atoms with van der Waals surface area (Å²) in [6, 6.07) is 21.2. The number of hydrogen-bond donors (Lipinski definition) is 0. The Morgan fingerprint density at radius 3 is 2.19 bits per heavy atom. The molecule has 36 heavy (non-hydrogen) atoms. The minimum Gasteiger partial charge on any atom is -0.491 e. The van der Waals surface area contributed by atoms with Gasteiger partial charge < -0.3 is 9.64 Å². The van der Waals surface area contributed by atoms with E-state index in [4.69, 9.17) is 4.74 Å². The number of anilines is 3. The first-order chi connectivity index (χ1) is 17.7. The first-order valence-electron chi connectivity index (χ1n) is 12.3. The van der Waals surface area contributed by atoms with Gasteiger partial charge in [0.05, 0.1) is 26.6 Å². The summed E-state index contributed by atoms with van der Waals surface area (Å²) in [5, 5.41) is 17.7. The van der Waals surface area contributed by atoms with Crippen molar-refractivity contribution in [2.45, 2.75) is 39.0 Å². The molecule has 0 bridgehead atoms. The zero-order valence-corrected chi connectivity index (χ0v) is 21.8. The number of nitro benzene ring substituents is 1. The number of ether oxygens (including phenoxy) is 1. The van der Waals surface area contributed by atoms with Crippen LogP contribution in [-0.2, 0) is 0 Å². The van der Waals surface area contributed by atoms with Crippen LogP contribution in [0.2, 0.25) is 0 Å². The van der Waals surface area contributed by atoms with Crippen LogP contribution in [0.1, 0.15) is 39.0 Å². The third-order valence-corrected chi connectivity index (χ3v) is 8.14. The van der Waals surface area contributed by atoms with Gasteiger partial charge in [0.25, 0.3) is 5.69 Å². The molecule has 2 aromatic heterocycles. The molecule has 0 atom stereocenters. The van der Waals surface area contributed by atoms with Crippen molar-refractivity contribution < 1.29 is 9.66 Å². The number of nitro groups is 1. The van der Waals surface area contributed by atoms with E-state index in [0.717, 1.165) is 49.4 Å². The summed E-state index contributed by atoms with van der Waals surface area (Å²) in [6.07, 6.45) is 6.01. The van der Waals surface area contributed by atoms with Gasteiger partial charge in [0.2, 0.25) is 0 Å². The van der Waals surface area contributed by atoms with E-state index < -0.39 is 0 Å². The molecular weight excluding hydrogens is 488 g/mol. The molecule has 0 N–H and O–H groups in total. The molecule has 5 nitrogen and oxygen atoms in total. The first kappa shape index (κ1) is 24.3. The SMILES string of the molecule is CCCCCCCOc1c2ccsc2c(N(c2ccccc2)c2ccc([N+](=O)[O-])cc2)c2ccsc12. The summed E-state index contributed by atoms with van der Waals surface area (Å²) >= 11 is 3.39. The zero-order valence-electron chi connectivity index (χ0n) is 20.2. The molecule has 0 aliphatic carbocycles. The Morgan fingerprint density at radius 2 is 1.47 bits per heavy atom. The molecule has 7 heteroatoms. The van der Waals surface area contributed by atoms with Crippen molar-refractivity contribution in [3.05, 3.63) is 87.6 Å². The van der Waals surface area contributed by atoms with Crippen LogP contribution in [0.25, 0.3) is 20.2 Å². The fraction of sp³-hybridized carbons (Fsp3) is 0.241. The van der Waals surface area contributed by atoms with Crippen LogP contribution in [0, 0.1) is 10.1 Å². The van der Waals surface area contributed by atoms with Crippen LogP contribution >= 0.6 is 22.7 Å². The van der Waals surface area contributed by atoms with Crippen molar-refractivity contribution in [2.24, 2.45) is 0 Å². The van der Waals surface area contributed by atoms with Crippen molar-refractivity contribution in [3.63, 3.8) is 0 Å². The van der Waals surface area contributed by atoms with E-state index in [1.54, 1.807) is 34.8 Å². The molecule has 0 unspecified atom stereocenters. The van der Waals surface area contributed by atoms with E-state index in [0.29, 0.717) is 6.61 Å². The molecule has 0 aliphatic rings. The Labute approximate surface area is 218 Å². The molecule has 0 fully saturated rings. The van der Waals surface area contributed by atoms with Gasteiger partial charge in [0.1, 0.15) is 5.75 Å². The number of rotatable bonds is 11. The lowest BCUT2D eigenvalue weighted by Crippen LogP contribution is -2.11. The molecule has 0 aliphatic heterocycles. The maximum absolute atomic E-state index is 11.3. The van der Waals surface area contributed by atoms with Crippen molar-refractivity contribution >= 4 is 65.6 Å². The first-order valence-corrected chi connectivity index (χ1v) is 14.1. The summed E-state index contributed by atoms with van der Waals surface area (Å²) in [4.78, 5) is 13.1. The van der Waals surface area contributed by atoms with E-state index in [2.05, 4.69) is 46.8 Å². The lowest BCUT2D eigenvalue weighted by Gasteiger charge is -2.27. The maximum Gasteiger partial charge on any atom is 0.269 e. The molecular formula is C29H28N2O3S2. The summed E-state index contributed by atoms with van der Waals surface area (Å²) in [5.41, 5.74) is 3.03. The van der Waals surface area contributed by atoms with Crippen LogP contribution in [0.4, 0.5) is 22.7 Å². The van der Waals surface area contributed by atoms with Gasteiger partial charge in [0, 0.05) is 34.3 Å². The fourth-order valence-electron chi connectivity index (χ4n) is 4.54. The topological polar surface area (TPSA) is 55.6 Å². The highest BCUT2D eigenvalue weighted by Crippen LogP contribution is 2.51. The lowest BCUT2D eigenvalue weighted by atomic mass is 10.1. The predicted octanol–water partition coefficient (Wildman–Crippen LogP) is 9.84. The number of para-hydroxylation sites is 1. The monoisotopic (exact) mass is 516 g/mol. The Morgan fingerprint density at radius 1 is 0.806 bits per heavy atom. The van der Waals surface area contributed by atoms with E-state index in [-0.39, 0.29) is 10.6 Å². The van der Waals surface area contributed by atoms with Gasteiger partial charge in [-0.25, -0.2) is 0 Å². The van der Waals surface area contributed by atoms with Crippen LogP contribution in [0.5, 0.6) is 5.75 Å². The second-order valence-corrected chi connectivity index (χ2v) is 10.5. The van der Waals surface area contributed by atoms with E-state index >= 15 is 0 Å². The van der Waals surface area contributed by atoms with Crippen LogP contribution < -0.4 is 9.64 Å². The molecule has 0 saturated carbocycles. The lowest BCUT2D eigenvalue weighted by molar-refractivity contribution is -0.384. The largest absolute Gasteiger partial charge is 0.491 e. The number of nitrogens with zero attached hydrogens (tertiary/aromatic N) is 2. The molecule has 5 rings (SSSR count). The third kappa shape index (κ3) is 4.81. The second kappa shape index (κ2) is 11.1. The van der Waals surface area contributed by atoms with Crippen LogP contribution in [0.3, 0.4) is 0 Å². The van der Waals surface area contributed by atoms with Crippen molar-refractivity contribution in [3.8, 4) is 5.75 Å². The molecule has 0 spiro atoms. The van der Waals surface area contributed by atoms with Gasteiger partial charge in [-0.2, -0.15) is 0 Å². The Hall–Kier alpha value is -3.42. The quantitative estimate of drug-likeness (QED) is 0.0995. The van der Waals surface area contributed by atoms with Crippen molar-refractivity contribution in [2.75, 3.05) is 11.5 Å². The molecule has 3 aromatic carbocycles. The minimum atomic E-state index is -0.362. The second-order valence-electron chi connectivity index (χ2n) is 8.71. The van der Waals surface area contributed by atoms with Gasteiger partial charge in [-0.15, -0.1) is 22.7 Å². The number of benzene rings is 3. The number of hydrogen-bond acceptors (Lipinski definition) is 6. The molecule has 2 heterocycles. The standard InChI is InChI=1S/C29H28N2O3S2/c1-2-3-4-5-9-18-34-27-25-17-20-35-28(25)26(24-16-19-36-29(24)27)30(21-10-7-6-8-11-21)22-12-14-23(15-13-22)31(32)33/h6-8,10-17,19-20H,2-5,9,18H2,1H3. The Kier molecular flexibility index (Phi) is 7.49. The van der Waals surface area contributed by atoms with Crippen LogP contribution in [-0.4, -0.2) is 11.5 Å². The van der Waals surface area contributed by atoms with Crippen molar-refractivity contribution in [1.29, 1.82) is 0 Å². The Bertz CT molecular complexity index is 1410. The van der Waals surface area contributed by atoms with Crippen LogP contribution in [0.15, 0.2) is 77.5 Å². The molecule has 184 valence electrons. The molecule has 0 amide bonds. The van der Waals surface area contributed by atoms with Gasteiger partial charge in [0.15, 0.2) is 0 Å². The van der Waals surface area contributed by atoms with Gasteiger partial charge in [-0.3, -0.25) is 10.1 Å². The highest BCUT2D eigenvalue weighted by molar-refractivity contribution is 7.20. The number of fused-ring (bicyclic) bond motifs is 2. The number of non-ortho nitro benzene ring substituents is 1. The minimum absolute atomic E-state index is 0.0800. The average molecular weight is 517 g/mol. The van der Waals surface area contributed by atoms with Crippen molar-refractivity contribution in [1.82, 2.24) is 0 Å². The van der Waals surface area contributed by atoms with E-state index in [1.807, 2.05) is 30.3 Å². The number of thiophene rings is 2. The van der Waals surface area contributed by atoms with E-state index in [9.17, 15) is 10.1 Å². The zero-order chi connectivity index (χ0) is 24.9. The molecule has 0 radical (unpaired) electrons. The maximum atomic E-state index is 11.3. The molecule has 0 saturated heterocycles. The predicted molar refractivity (Wildman–Crippen MR) is 153 cm³/mol. The summed E-state index contributed by atoms with van der Waals surface area (Å²) in [5.74, 6) is 0.965. The third-order valence-electron chi connectivity index (χ3n) is 6.30. The fourth-order valence-corrected chi connectivity index (χ4v) is 6.39. The summed E-state index contributed by atoms with van der Waals surface area (Å²) in [7, 11) is 0. The van der Waals surface area contributed by atoms with Gasteiger partial charge in [-0.1, -0.05) is 50.8 Å². The highest BCUT2D eigenvalue weighted by atomic mass is 32.1.